The van der Waals surface area contributed by atoms with E-state index in [2.05, 4.69) is 0 Å². The van der Waals surface area contributed by atoms with Crippen LogP contribution in [-0.2, 0) is 23.7 Å². The fraction of sp³-hybridized carbons (Fsp3) is 0.786. The quantitative estimate of drug-likeness (QED) is 0.310. The number of hydrogen-bond donors (Lipinski definition) is 0. The molecule has 0 radical (unpaired) electrons. The fourth-order valence-corrected chi connectivity index (χ4v) is 1.61. The molecule has 0 heterocycles. The second-order valence-corrected chi connectivity index (χ2v) is 3.66. The second kappa shape index (κ2) is 11.1. The molecule has 0 aromatic carbocycles. The number of aldehydes is 1. The number of rotatable bonds is 12. The van der Waals surface area contributed by atoms with E-state index in [1.165, 1.54) is 0 Å². The van der Waals surface area contributed by atoms with Gasteiger partial charge in [0.15, 0.2) is 0 Å². The molecule has 0 N–H and O–H groups in total. The minimum atomic E-state index is -1.20. The van der Waals surface area contributed by atoms with E-state index in [9.17, 15) is 4.79 Å². The molecule has 0 aromatic heterocycles. The largest absolute Gasteiger partial charge is 0.374 e. The van der Waals surface area contributed by atoms with Crippen molar-refractivity contribution in [3.8, 4) is 0 Å². The van der Waals surface area contributed by atoms with Crippen molar-refractivity contribution >= 4 is 6.29 Å². The Morgan fingerprint density at radius 2 is 1.47 bits per heavy atom. The van der Waals surface area contributed by atoms with E-state index in [4.69, 9.17) is 18.9 Å². The Hall–Kier alpha value is -0.750. The van der Waals surface area contributed by atoms with Crippen molar-refractivity contribution in [2.45, 2.75) is 46.2 Å². The monoisotopic (exact) mass is 274 g/mol. The third kappa shape index (κ3) is 7.42. The molecule has 0 bridgehead atoms. The molecule has 0 spiro atoms. The average molecular weight is 274 g/mol. The molecule has 5 heteroatoms. The number of carbonyl (C=O) groups is 1. The van der Waals surface area contributed by atoms with Gasteiger partial charge in [0.2, 0.25) is 0 Å². The highest BCUT2D eigenvalue weighted by Crippen LogP contribution is 2.18. The lowest BCUT2D eigenvalue weighted by Gasteiger charge is -2.29. The first-order chi connectivity index (χ1) is 9.17. The normalized spacial score (nSPS) is 13.9. The number of carbonyl (C=O) groups excluding carboxylic acids is 1. The van der Waals surface area contributed by atoms with Crippen LogP contribution in [0.4, 0.5) is 0 Å². The van der Waals surface area contributed by atoms with Gasteiger partial charge < -0.3 is 23.7 Å². The van der Waals surface area contributed by atoms with Crippen LogP contribution in [0.5, 0.6) is 0 Å². The van der Waals surface area contributed by atoms with E-state index >= 15 is 0 Å². The summed E-state index contributed by atoms with van der Waals surface area (Å²) in [5, 5.41) is 0. The summed E-state index contributed by atoms with van der Waals surface area (Å²) in [6.07, 6.45) is 4.26. The zero-order valence-electron chi connectivity index (χ0n) is 12.4. The summed E-state index contributed by atoms with van der Waals surface area (Å²) in [5.41, 5.74) is 0. The average Bonchev–Trinajstić information content (AvgIpc) is 2.37. The molecular formula is C14H26O5. The van der Waals surface area contributed by atoms with Crippen molar-refractivity contribution < 1.29 is 23.7 Å². The van der Waals surface area contributed by atoms with E-state index in [1.54, 1.807) is 12.2 Å². The Morgan fingerprint density at radius 1 is 0.947 bits per heavy atom. The van der Waals surface area contributed by atoms with Crippen LogP contribution in [0.2, 0.25) is 0 Å². The van der Waals surface area contributed by atoms with E-state index < -0.39 is 5.97 Å². The van der Waals surface area contributed by atoms with Crippen molar-refractivity contribution in [3.63, 3.8) is 0 Å². The van der Waals surface area contributed by atoms with Gasteiger partial charge in [-0.15, -0.1) is 0 Å². The van der Waals surface area contributed by atoms with Gasteiger partial charge in [-0.1, -0.05) is 6.08 Å². The fourth-order valence-electron chi connectivity index (χ4n) is 1.61. The molecule has 1 unspecified atom stereocenters. The van der Waals surface area contributed by atoms with Crippen LogP contribution in [0.25, 0.3) is 0 Å². The van der Waals surface area contributed by atoms with Crippen molar-refractivity contribution in [2.24, 2.45) is 0 Å². The maximum atomic E-state index is 10.6. The van der Waals surface area contributed by atoms with Crippen LogP contribution < -0.4 is 0 Å². The molecule has 0 aliphatic carbocycles. The summed E-state index contributed by atoms with van der Waals surface area (Å²) < 4.78 is 22.1. The molecule has 0 amide bonds. The smallest absolute Gasteiger partial charge is 0.304 e. The minimum absolute atomic E-state index is 0.289. The third-order valence-corrected chi connectivity index (χ3v) is 2.26. The molecular weight excluding hydrogens is 248 g/mol. The molecule has 0 fully saturated rings. The topological polar surface area (TPSA) is 54.0 Å². The molecule has 19 heavy (non-hydrogen) atoms. The van der Waals surface area contributed by atoms with E-state index in [0.717, 1.165) is 6.29 Å². The highest BCUT2D eigenvalue weighted by Gasteiger charge is 2.29. The Kier molecular flexibility index (Phi) is 10.7. The minimum Gasteiger partial charge on any atom is -0.374 e. The van der Waals surface area contributed by atoms with Gasteiger partial charge in [0.1, 0.15) is 6.29 Å². The lowest BCUT2D eigenvalue weighted by Crippen LogP contribution is -2.37. The van der Waals surface area contributed by atoms with Crippen molar-refractivity contribution in [3.05, 3.63) is 12.2 Å². The Morgan fingerprint density at radius 3 is 1.84 bits per heavy atom. The summed E-state index contributed by atoms with van der Waals surface area (Å²) in [5.74, 6) is -1.20. The summed E-state index contributed by atoms with van der Waals surface area (Å²) >= 11 is 0. The summed E-state index contributed by atoms with van der Waals surface area (Å²) in [7, 11) is 0. The molecule has 5 nitrogen and oxygen atoms in total. The first-order valence-corrected chi connectivity index (χ1v) is 6.84. The molecule has 0 rings (SSSR count). The molecule has 0 saturated carbocycles. The van der Waals surface area contributed by atoms with Crippen LogP contribution in [0.1, 0.15) is 34.1 Å². The van der Waals surface area contributed by atoms with Crippen molar-refractivity contribution in [1.29, 1.82) is 0 Å². The van der Waals surface area contributed by atoms with Crippen LogP contribution in [0.15, 0.2) is 12.2 Å². The van der Waals surface area contributed by atoms with Crippen LogP contribution in [0.3, 0.4) is 0 Å². The SMILES string of the molecule is CCOC(C=CC(OCC)(OCC)OCC)CC=O. The summed E-state index contributed by atoms with van der Waals surface area (Å²) in [6.45, 7) is 9.39. The standard InChI is InChI=1S/C14H26O5/c1-5-16-13(10-12-15)9-11-14(17-6-2,18-7-3)19-8-4/h9,11-13H,5-8,10H2,1-4H3. The van der Waals surface area contributed by atoms with E-state index in [1.807, 2.05) is 27.7 Å². The maximum absolute atomic E-state index is 10.6. The Labute approximate surface area is 115 Å². The van der Waals surface area contributed by atoms with E-state index in [0.29, 0.717) is 32.8 Å². The molecule has 112 valence electrons. The van der Waals surface area contributed by atoms with E-state index in [-0.39, 0.29) is 6.10 Å². The predicted molar refractivity (Wildman–Crippen MR) is 72.8 cm³/mol. The van der Waals surface area contributed by atoms with Gasteiger partial charge in [0.05, 0.1) is 6.10 Å². The van der Waals surface area contributed by atoms with Crippen molar-refractivity contribution in [2.75, 3.05) is 26.4 Å². The van der Waals surface area contributed by atoms with Gasteiger partial charge in [-0.05, 0) is 27.7 Å². The zero-order valence-corrected chi connectivity index (χ0v) is 12.4. The molecule has 1 atom stereocenters. The van der Waals surface area contributed by atoms with Gasteiger partial charge in [0, 0.05) is 38.9 Å². The second-order valence-electron chi connectivity index (χ2n) is 3.66. The lowest BCUT2D eigenvalue weighted by molar-refractivity contribution is -0.346. The number of hydrogen-bond acceptors (Lipinski definition) is 5. The molecule has 0 saturated heterocycles. The third-order valence-electron chi connectivity index (χ3n) is 2.26. The molecule has 0 aliphatic heterocycles. The van der Waals surface area contributed by atoms with Gasteiger partial charge in [0.25, 0.3) is 0 Å². The van der Waals surface area contributed by atoms with Gasteiger partial charge in [-0.25, -0.2) is 0 Å². The highest BCUT2D eigenvalue weighted by atomic mass is 16.9. The van der Waals surface area contributed by atoms with Crippen LogP contribution >= 0.6 is 0 Å². The first-order valence-electron chi connectivity index (χ1n) is 6.84. The predicted octanol–water partition coefficient (Wildman–Crippen LogP) is 2.30. The lowest BCUT2D eigenvalue weighted by atomic mass is 10.2. The Balaban J connectivity index is 4.85. The van der Waals surface area contributed by atoms with Crippen molar-refractivity contribution in [1.82, 2.24) is 0 Å². The first kappa shape index (κ1) is 18.2. The van der Waals surface area contributed by atoms with Gasteiger partial charge >= 0.3 is 5.97 Å². The van der Waals surface area contributed by atoms with Gasteiger partial charge in [-0.3, -0.25) is 0 Å². The van der Waals surface area contributed by atoms with Gasteiger partial charge in [-0.2, -0.15) is 0 Å². The van der Waals surface area contributed by atoms with Crippen LogP contribution in [-0.4, -0.2) is 44.8 Å². The van der Waals surface area contributed by atoms with Crippen LogP contribution in [0, 0.1) is 0 Å². The molecule has 0 aliphatic rings. The summed E-state index contributed by atoms with van der Waals surface area (Å²) in [6, 6.07) is 0. The number of ether oxygens (including phenoxy) is 4. The summed E-state index contributed by atoms with van der Waals surface area (Å²) in [4.78, 5) is 10.6. The maximum Gasteiger partial charge on any atom is 0.304 e. The Bertz CT molecular complexity index is 235. The highest BCUT2D eigenvalue weighted by molar-refractivity contribution is 5.50. The zero-order chi connectivity index (χ0) is 14.6. The molecule has 0 aromatic rings.